The van der Waals surface area contributed by atoms with Crippen LogP contribution in [0, 0.1) is 11.6 Å². The highest BCUT2D eigenvalue weighted by atomic mass is 32.2. The maximum absolute atomic E-state index is 14.0. The smallest absolute Gasteiger partial charge is 0.263 e. The molecule has 5 nitrogen and oxygen atoms in total. The molecule has 4 rings (SSSR count). The van der Waals surface area contributed by atoms with Gasteiger partial charge in [-0.15, -0.1) is 11.3 Å². The first-order valence-electron chi connectivity index (χ1n) is 7.72. The molecule has 0 radical (unpaired) electrons. The molecule has 0 fully saturated rings. The number of aromatic nitrogens is 2. The van der Waals surface area contributed by atoms with Gasteiger partial charge in [-0.25, -0.2) is 27.2 Å². The molecule has 2 aromatic carbocycles. The third kappa shape index (κ3) is 3.15. The van der Waals surface area contributed by atoms with Gasteiger partial charge in [0.15, 0.2) is 10.7 Å². The van der Waals surface area contributed by atoms with Crippen molar-refractivity contribution >= 4 is 37.4 Å². The summed E-state index contributed by atoms with van der Waals surface area (Å²) in [5, 5.41) is 2.30. The minimum absolute atomic E-state index is 0.0391. The first-order valence-corrected chi connectivity index (χ1v) is 10.1. The quantitative estimate of drug-likeness (QED) is 0.547. The lowest BCUT2D eigenvalue weighted by Crippen LogP contribution is -2.17. The Morgan fingerprint density at radius 3 is 2.33 bits per heavy atom. The second kappa shape index (κ2) is 6.67. The molecule has 0 aliphatic carbocycles. The summed E-state index contributed by atoms with van der Waals surface area (Å²) >= 11 is 1.32. The third-order valence-corrected chi connectivity index (χ3v) is 6.15. The summed E-state index contributed by atoms with van der Waals surface area (Å²) in [5.74, 6) is -2.40. The number of rotatable bonds is 4. The van der Waals surface area contributed by atoms with Gasteiger partial charge in [0.05, 0.1) is 5.39 Å². The lowest BCUT2D eigenvalue weighted by molar-refractivity contribution is 0.521. The average molecular weight is 403 g/mol. The van der Waals surface area contributed by atoms with Gasteiger partial charge in [0.2, 0.25) is 0 Å². The second-order valence-corrected chi connectivity index (χ2v) is 8.05. The Balaban J connectivity index is 1.87. The average Bonchev–Trinajstić information content (AvgIpc) is 3.07. The predicted octanol–water partition coefficient (Wildman–Crippen LogP) is 4.44. The van der Waals surface area contributed by atoms with Crippen molar-refractivity contribution in [1.82, 2.24) is 9.97 Å². The van der Waals surface area contributed by atoms with Crippen LogP contribution in [-0.2, 0) is 10.0 Å². The largest absolute Gasteiger partial charge is 0.268 e. The molecule has 2 aromatic heterocycles. The maximum Gasteiger partial charge on any atom is 0.268 e. The molecule has 4 aromatic rings. The van der Waals surface area contributed by atoms with E-state index in [-0.39, 0.29) is 5.82 Å². The number of nitrogens with zero attached hydrogens (tertiary/aromatic N) is 2. The topological polar surface area (TPSA) is 72.0 Å². The summed E-state index contributed by atoms with van der Waals surface area (Å²) in [7, 11) is -4.53. The van der Waals surface area contributed by atoms with Gasteiger partial charge in [-0.3, -0.25) is 4.72 Å². The standard InChI is InChI=1S/C18H11F2N3O2S2/c19-13-7-4-8-14(20)16(13)27(24,25)23-17-15-12(11-5-2-1-3-6-11)9-26-18(15)22-10-21-17/h1-10H,(H,21,22,23). The molecule has 1 N–H and O–H groups in total. The molecular formula is C18H11F2N3O2S2. The van der Waals surface area contributed by atoms with Gasteiger partial charge in [0.1, 0.15) is 22.8 Å². The fraction of sp³-hybridized carbons (Fsp3) is 0. The van der Waals surface area contributed by atoms with Crippen molar-refractivity contribution in [1.29, 1.82) is 0 Å². The maximum atomic E-state index is 14.0. The van der Waals surface area contributed by atoms with Crippen molar-refractivity contribution in [3.8, 4) is 11.1 Å². The fourth-order valence-corrected chi connectivity index (χ4v) is 4.78. The lowest BCUT2D eigenvalue weighted by atomic mass is 10.1. The Labute approximate surface area is 157 Å². The van der Waals surface area contributed by atoms with E-state index < -0.39 is 26.6 Å². The second-order valence-electron chi connectivity index (χ2n) is 5.57. The zero-order valence-electron chi connectivity index (χ0n) is 13.6. The van der Waals surface area contributed by atoms with E-state index in [4.69, 9.17) is 0 Å². The van der Waals surface area contributed by atoms with Crippen LogP contribution in [0.15, 0.2) is 65.1 Å². The highest BCUT2D eigenvalue weighted by Crippen LogP contribution is 2.37. The Bertz CT molecular complexity index is 1220. The normalized spacial score (nSPS) is 11.6. The molecule has 9 heteroatoms. The molecule has 0 aliphatic rings. The van der Waals surface area contributed by atoms with Crippen LogP contribution in [0.4, 0.5) is 14.6 Å². The zero-order chi connectivity index (χ0) is 19.0. The van der Waals surface area contributed by atoms with E-state index in [0.717, 1.165) is 29.3 Å². The van der Waals surface area contributed by atoms with Gasteiger partial charge in [0.25, 0.3) is 10.0 Å². The number of halogens is 2. The number of fused-ring (bicyclic) bond motifs is 1. The molecule has 0 bridgehead atoms. The van der Waals surface area contributed by atoms with Crippen LogP contribution < -0.4 is 4.72 Å². The molecule has 0 spiro atoms. The molecule has 27 heavy (non-hydrogen) atoms. The molecule has 0 atom stereocenters. The van der Waals surface area contributed by atoms with Crippen molar-refractivity contribution in [2.75, 3.05) is 4.72 Å². The van der Waals surface area contributed by atoms with Gasteiger partial charge in [0, 0.05) is 10.9 Å². The number of hydrogen-bond acceptors (Lipinski definition) is 5. The Morgan fingerprint density at radius 1 is 0.926 bits per heavy atom. The van der Waals surface area contributed by atoms with Crippen molar-refractivity contribution in [2.45, 2.75) is 4.90 Å². The molecule has 0 saturated heterocycles. The van der Waals surface area contributed by atoms with Crippen LogP contribution in [0.5, 0.6) is 0 Å². The van der Waals surface area contributed by atoms with Crippen LogP contribution in [0.3, 0.4) is 0 Å². The molecule has 0 amide bonds. The highest BCUT2D eigenvalue weighted by Gasteiger charge is 2.26. The van der Waals surface area contributed by atoms with Crippen molar-refractivity contribution in [3.05, 3.63) is 71.9 Å². The number of anilines is 1. The van der Waals surface area contributed by atoms with E-state index in [1.54, 1.807) is 0 Å². The van der Waals surface area contributed by atoms with Gasteiger partial charge in [-0.1, -0.05) is 36.4 Å². The number of thiophene rings is 1. The van der Waals surface area contributed by atoms with Crippen LogP contribution in [0.25, 0.3) is 21.3 Å². The number of hydrogen-bond donors (Lipinski definition) is 1. The number of nitrogens with one attached hydrogen (secondary N) is 1. The van der Waals surface area contributed by atoms with Gasteiger partial charge < -0.3 is 0 Å². The van der Waals surface area contributed by atoms with Gasteiger partial charge in [-0.2, -0.15) is 0 Å². The first-order chi connectivity index (χ1) is 13.0. The molecule has 2 heterocycles. The summed E-state index contributed by atoms with van der Waals surface area (Å²) in [4.78, 5) is 7.65. The summed E-state index contributed by atoms with van der Waals surface area (Å²) < 4.78 is 55.3. The summed E-state index contributed by atoms with van der Waals surface area (Å²) in [6.07, 6.45) is 1.20. The Hall–Kier alpha value is -2.91. The van der Waals surface area contributed by atoms with E-state index in [1.165, 1.54) is 17.7 Å². The highest BCUT2D eigenvalue weighted by molar-refractivity contribution is 7.92. The van der Waals surface area contributed by atoms with E-state index in [2.05, 4.69) is 14.7 Å². The molecule has 136 valence electrons. The van der Waals surface area contributed by atoms with Crippen molar-refractivity contribution in [2.24, 2.45) is 0 Å². The van der Waals surface area contributed by atoms with E-state index in [1.807, 2.05) is 35.7 Å². The van der Waals surface area contributed by atoms with Gasteiger partial charge in [-0.05, 0) is 17.7 Å². The Morgan fingerprint density at radius 2 is 1.63 bits per heavy atom. The zero-order valence-corrected chi connectivity index (χ0v) is 15.2. The third-order valence-electron chi connectivity index (χ3n) is 3.87. The van der Waals surface area contributed by atoms with Crippen LogP contribution in [0.2, 0.25) is 0 Å². The lowest BCUT2D eigenvalue weighted by Gasteiger charge is -2.10. The monoisotopic (exact) mass is 403 g/mol. The molecule has 0 saturated carbocycles. The molecule has 0 unspecified atom stereocenters. The van der Waals surface area contributed by atoms with E-state index >= 15 is 0 Å². The first kappa shape index (κ1) is 17.5. The SMILES string of the molecule is O=S(=O)(Nc1ncnc2scc(-c3ccccc3)c12)c1c(F)cccc1F. The summed E-state index contributed by atoms with van der Waals surface area (Å²) in [5.41, 5.74) is 1.57. The predicted molar refractivity (Wildman–Crippen MR) is 100 cm³/mol. The molecular weight excluding hydrogens is 392 g/mol. The summed E-state index contributed by atoms with van der Waals surface area (Å²) in [6.45, 7) is 0. The van der Waals surface area contributed by atoms with Crippen molar-refractivity contribution in [3.63, 3.8) is 0 Å². The van der Waals surface area contributed by atoms with Crippen LogP contribution in [0.1, 0.15) is 0 Å². The minimum atomic E-state index is -4.53. The van der Waals surface area contributed by atoms with Gasteiger partial charge >= 0.3 is 0 Å². The van der Waals surface area contributed by atoms with Crippen molar-refractivity contribution < 1.29 is 17.2 Å². The van der Waals surface area contributed by atoms with E-state index in [9.17, 15) is 17.2 Å². The number of sulfonamides is 1. The minimum Gasteiger partial charge on any atom is -0.263 e. The number of benzene rings is 2. The Kier molecular flexibility index (Phi) is 4.33. The van der Waals surface area contributed by atoms with Crippen LogP contribution in [-0.4, -0.2) is 18.4 Å². The fourth-order valence-electron chi connectivity index (χ4n) is 2.70. The van der Waals surface area contributed by atoms with E-state index in [0.29, 0.717) is 10.2 Å². The molecule has 0 aliphatic heterocycles. The van der Waals surface area contributed by atoms with Crippen LogP contribution >= 0.6 is 11.3 Å². The summed E-state index contributed by atoms with van der Waals surface area (Å²) in [6, 6.07) is 12.1.